The van der Waals surface area contributed by atoms with Gasteiger partial charge < -0.3 is 9.52 Å². The van der Waals surface area contributed by atoms with Crippen LogP contribution in [0.2, 0.25) is 0 Å². The monoisotopic (exact) mass is 316 g/mol. The lowest BCUT2D eigenvalue weighted by atomic mass is 10.0. The average molecular weight is 316 g/mol. The summed E-state index contributed by atoms with van der Waals surface area (Å²) in [5.41, 5.74) is 1.14. The van der Waals surface area contributed by atoms with Crippen LogP contribution in [0.3, 0.4) is 0 Å². The number of carbonyl (C=O) groups excluding carboxylic acids is 2. The van der Waals surface area contributed by atoms with Gasteiger partial charge in [0.15, 0.2) is 11.6 Å². The van der Waals surface area contributed by atoms with E-state index in [0.29, 0.717) is 22.6 Å². The fourth-order valence-corrected chi connectivity index (χ4v) is 2.28. The highest BCUT2D eigenvalue weighted by Crippen LogP contribution is 2.28. The summed E-state index contributed by atoms with van der Waals surface area (Å²) in [6, 6.07) is 7.24. The molecule has 0 amide bonds. The summed E-state index contributed by atoms with van der Waals surface area (Å²) in [7, 11) is 0. The molecule has 0 unspecified atom stereocenters. The molecule has 23 heavy (non-hydrogen) atoms. The largest absolute Gasteiger partial charge is 0.512 e. The van der Waals surface area contributed by atoms with Crippen LogP contribution in [0.5, 0.6) is 0 Å². The van der Waals surface area contributed by atoms with Crippen molar-refractivity contribution in [1.29, 1.82) is 0 Å². The van der Waals surface area contributed by atoms with Crippen LogP contribution in [0.25, 0.3) is 11.3 Å². The molecule has 2 rings (SSSR count). The molecule has 0 radical (unpaired) electrons. The number of carbonyl (C=O) groups is 2. The maximum atomic E-state index is 13.0. The molecule has 0 saturated heterocycles. The minimum absolute atomic E-state index is 0.0216. The third kappa shape index (κ3) is 3.74. The number of hydrogen-bond donors (Lipinski definition) is 1. The van der Waals surface area contributed by atoms with Crippen molar-refractivity contribution in [3.05, 3.63) is 58.8 Å². The smallest absolute Gasteiger partial charge is 0.163 e. The van der Waals surface area contributed by atoms with Gasteiger partial charge in [0.05, 0.1) is 11.3 Å². The van der Waals surface area contributed by atoms with Crippen LogP contribution < -0.4 is 0 Å². The van der Waals surface area contributed by atoms with Crippen molar-refractivity contribution in [3.63, 3.8) is 0 Å². The highest BCUT2D eigenvalue weighted by molar-refractivity contribution is 5.98. The summed E-state index contributed by atoms with van der Waals surface area (Å²) >= 11 is 0. The maximum Gasteiger partial charge on any atom is 0.163 e. The number of halogens is 1. The van der Waals surface area contributed by atoms with E-state index in [1.807, 2.05) is 0 Å². The molecule has 1 heterocycles. The van der Waals surface area contributed by atoms with Crippen molar-refractivity contribution in [2.45, 2.75) is 27.2 Å². The molecule has 0 aliphatic carbocycles. The Balaban J connectivity index is 2.47. The Kier molecular flexibility index (Phi) is 4.79. The number of Topliss-reactive ketones (excluding diaryl/α,β-unsaturated/α-hetero) is 2. The van der Waals surface area contributed by atoms with Crippen molar-refractivity contribution in [1.82, 2.24) is 0 Å². The van der Waals surface area contributed by atoms with Crippen molar-refractivity contribution in [2.75, 3.05) is 0 Å². The van der Waals surface area contributed by atoms with Crippen LogP contribution in [0.15, 0.2) is 46.1 Å². The fraction of sp³-hybridized carbons (Fsp3) is 0.222. The van der Waals surface area contributed by atoms with Crippen LogP contribution in [0.4, 0.5) is 4.39 Å². The quantitative estimate of drug-likeness (QED) is 0.508. The number of aliphatic hydroxyl groups excluding tert-OH is 1. The zero-order valence-electron chi connectivity index (χ0n) is 13.1. The summed E-state index contributed by atoms with van der Waals surface area (Å²) in [4.78, 5) is 23.4. The highest BCUT2D eigenvalue weighted by Gasteiger charge is 2.20. The molecule has 1 aromatic heterocycles. The third-order valence-electron chi connectivity index (χ3n) is 3.52. The number of benzene rings is 1. The first-order chi connectivity index (χ1) is 10.8. The van der Waals surface area contributed by atoms with Crippen LogP contribution in [-0.2, 0) is 11.2 Å². The van der Waals surface area contributed by atoms with E-state index < -0.39 is 0 Å². The van der Waals surface area contributed by atoms with Gasteiger partial charge in [-0.05, 0) is 51.1 Å². The number of ketones is 2. The zero-order valence-corrected chi connectivity index (χ0v) is 13.1. The van der Waals surface area contributed by atoms with E-state index in [0.717, 1.165) is 0 Å². The SMILES string of the molecule is CC(=O)/C(Cc1oc(-c2ccc(F)cc2)cc1C(C)=O)=C(/C)O. The Morgan fingerprint density at radius 1 is 1.13 bits per heavy atom. The first-order valence-electron chi connectivity index (χ1n) is 7.08. The molecule has 0 saturated carbocycles. The molecular weight excluding hydrogens is 299 g/mol. The van der Waals surface area contributed by atoms with Gasteiger partial charge in [0.1, 0.15) is 17.3 Å². The van der Waals surface area contributed by atoms with Gasteiger partial charge in [-0.25, -0.2) is 4.39 Å². The molecule has 1 N–H and O–H groups in total. The second-order valence-corrected chi connectivity index (χ2v) is 5.31. The average Bonchev–Trinajstić information content (AvgIpc) is 2.89. The molecule has 0 atom stereocenters. The molecule has 0 spiro atoms. The Labute approximate surface area is 133 Å². The minimum Gasteiger partial charge on any atom is -0.512 e. The normalized spacial score (nSPS) is 12.0. The van der Waals surface area contributed by atoms with Gasteiger partial charge in [0.25, 0.3) is 0 Å². The maximum absolute atomic E-state index is 13.0. The Morgan fingerprint density at radius 3 is 2.22 bits per heavy atom. The number of rotatable bonds is 5. The standard InChI is InChI=1S/C18H17FO4/c1-10(20)15(11(2)21)8-18-16(12(3)22)9-17(23-18)13-4-6-14(19)7-5-13/h4-7,9,20H,8H2,1-3H3/b15-10-. The molecule has 0 fully saturated rings. The lowest BCUT2D eigenvalue weighted by Crippen LogP contribution is -2.06. The molecule has 5 heteroatoms. The highest BCUT2D eigenvalue weighted by atomic mass is 19.1. The van der Waals surface area contributed by atoms with Crippen molar-refractivity contribution in [3.8, 4) is 11.3 Å². The van der Waals surface area contributed by atoms with E-state index >= 15 is 0 Å². The molecule has 0 aliphatic rings. The number of allylic oxidation sites excluding steroid dienone is 2. The van der Waals surface area contributed by atoms with Crippen LogP contribution in [0, 0.1) is 5.82 Å². The van der Waals surface area contributed by atoms with Crippen LogP contribution in [-0.4, -0.2) is 16.7 Å². The van der Waals surface area contributed by atoms with Crippen LogP contribution in [0.1, 0.15) is 36.9 Å². The van der Waals surface area contributed by atoms with E-state index in [1.165, 1.54) is 32.9 Å². The number of aliphatic hydroxyl groups is 1. The molecule has 1 aromatic carbocycles. The summed E-state index contributed by atoms with van der Waals surface area (Å²) < 4.78 is 18.7. The van der Waals surface area contributed by atoms with Crippen molar-refractivity contribution < 1.29 is 23.5 Å². The predicted molar refractivity (Wildman–Crippen MR) is 83.8 cm³/mol. The van der Waals surface area contributed by atoms with E-state index in [4.69, 9.17) is 4.42 Å². The Hall–Kier alpha value is -2.69. The summed E-state index contributed by atoms with van der Waals surface area (Å²) in [5, 5.41) is 9.62. The zero-order chi connectivity index (χ0) is 17.1. The topological polar surface area (TPSA) is 67.5 Å². The minimum atomic E-state index is -0.370. The summed E-state index contributed by atoms with van der Waals surface area (Å²) in [6.07, 6.45) is 0.0216. The Bertz CT molecular complexity index is 778. The second-order valence-electron chi connectivity index (χ2n) is 5.31. The Morgan fingerprint density at radius 2 is 1.74 bits per heavy atom. The van der Waals surface area contributed by atoms with Gasteiger partial charge in [-0.1, -0.05) is 0 Å². The van der Waals surface area contributed by atoms with Crippen LogP contribution >= 0.6 is 0 Å². The summed E-state index contributed by atoms with van der Waals surface area (Å²) in [5.74, 6) is -0.272. The molecule has 120 valence electrons. The van der Waals surface area contributed by atoms with Gasteiger partial charge in [-0.2, -0.15) is 0 Å². The molecule has 4 nitrogen and oxygen atoms in total. The second kappa shape index (κ2) is 6.60. The third-order valence-corrected chi connectivity index (χ3v) is 3.52. The van der Waals surface area contributed by atoms with Crippen molar-refractivity contribution >= 4 is 11.6 Å². The first-order valence-corrected chi connectivity index (χ1v) is 7.08. The molecule has 0 bridgehead atoms. The molecular formula is C18H17FO4. The molecule has 0 aliphatic heterocycles. The van der Waals surface area contributed by atoms with Crippen molar-refractivity contribution in [2.24, 2.45) is 0 Å². The first kappa shape index (κ1) is 16.7. The van der Waals surface area contributed by atoms with E-state index in [2.05, 4.69) is 0 Å². The lowest BCUT2D eigenvalue weighted by molar-refractivity contribution is -0.113. The summed E-state index contributed by atoms with van der Waals surface area (Å²) in [6.45, 7) is 4.14. The number of furan rings is 1. The predicted octanol–water partition coefficient (Wildman–Crippen LogP) is 4.25. The van der Waals surface area contributed by atoms with Gasteiger partial charge in [0, 0.05) is 17.6 Å². The molecule has 2 aromatic rings. The van der Waals surface area contributed by atoms with Gasteiger partial charge in [-0.15, -0.1) is 0 Å². The van der Waals surface area contributed by atoms with E-state index in [-0.39, 0.29) is 35.1 Å². The number of hydrogen-bond acceptors (Lipinski definition) is 4. The van der Waals surface area contributed by atoms with Gasteiger partial charge >= 0.3 is 0 Å². The van der Waals surface area contributed by atoms with Gasteiger partial charge in [-0.3, -0.25) is 9.59 Å². The fourth-order valence-electron chi connectivity index (χ4n) is 2.28. The van der Waals surface area contributed by atoms with E-state index in [9.17, 15) is 19.1 Å². The lowest BCUT2D eigenvalue weighted by Gasteiger charge is -2.04. The van der Waals surface area contributed by atoms with Gasteiger partial charge in [0.2, 0.25) is 0 Å². The van der Waals surface area contributed by atoms with E-state index in [1.54, 1.807) is 18.2 Å².